The summed E-state index contributed by atoms with van der Waals surface area (Å²) in [5.41, 5.74) is 0.257. The van der Waals surface area contributed by atoms with Gasteiger partial charge in [0.15, 0.2) is 0 Å². The van der Waals surface area contributed by atoms with Gasteiger partial charge in [-0.1, -0.05) is 0 Å². The minimum Gasteiger partial charge on any atom is -0.372 e. The van der Waals surface area contributed by atoms with Crippen molar-refractivity contribution in [2.24, 2.45) is 0 Å². The highest BCUT2D eigenvalue weighted by molar-refractivity contribution is 5.48. The summed E-state index contributed by atoms with van der Waals surface area (Å²) in [7, 11) is 1.96. The molecule has 5 heteroatoms. The van der Waals surface area contributed by atoms with Crippen LogP contribution in [0.5, 0.6) is 0 Å². The predicted molar refractivity (Wildman–Crippen MR) is 70.4 cm³/mol. The first-order valence-corrected chi connectivity index (χ1v) is 6.59. The highest BCUT2D eigenvalue weighted by Gasteiger charge is 2.30. The average molecular weight is 272 g/mol. The van der Waals surface area contributed by atoms with E-state index in [-0.39, 0.29) is 0 Å². The first kappa shape index (κ1) is 14.2. The van der Waals surface area contributed by atoms with E-state index < -0.39 is 11.7 Å². The van der Waals surface area contributed by atoms with E-state index in [1.807, 2.05) is 7.05 Å². The van der Waals surface area contributed by atoms with Crippen molar-refractivity contribution in [1.29, 1.82) is 0 Å². The number of benzene rings is 1. The standard InChI is InChI=1S/C14H19F3N2/c1-19(12-3-2-9-18-10-8-12)13-6-4-11(5-7-13)14(15,16)17/h4-7,12,18H,2-3,8-10H2,1H3. The van der Waals surface area contributed by atoms with E-state index in [1.54, 1.807) is 12.1 Å². The van der Waals surface area contributed by atoms with Crippen LogP contribution in [0.4, 0.5) is 18.9 Å². The Morgan fingerprint density at radius 2 is 1.79 bits per heavy atom. The molecule has 106 valence electrons. The number of nitrogens with one attached hydrogen (secondary N) is 1. The molecule has 0 aliphatic carbocycles. The molecule has 0 aromatic heterocycles. The van der Waals surface area contributed by atoms with Crippen LogP contribution >= 0.6 is 0 Å². The summed E-state index contributed by atoms with van der Waals surface area (Å²) in [5, 5.41) is 3.34. The average Bonchev–Trinajstić information content (AvgIpc) is 2.66. The summed E-state index contributed by atoms with van der Waals surface area (Å²) in [6.45, 7) is 1.99. The quantitative estimate of drug-likeness (QED) is 0.888. The number of rotatable bonds is 2. The third kappa shape index (κ3) is 3.62. The minimum atomic E-state index is -4.26. The molecule has 1 fully saturated rings. The van der Waals surface area contributed by atoms with Gasteiger partial charge < -0.3 is 10.2 Å². The molecular formula is C14H19F3N2. The Labute approximate surface area is 111 Å². The molecule has 0 bridgehead atoms. The van der Waals surface area contributed by atoms with E-state index in [4.69, 9.17) is 0 Å². The third-order valence-electron chi connectivity index (χ3n) is 3.69. The van der Waals surface area contributed by atoms with Crippen LogP contribution in [-0.4, -0.2) is 26.2 Å². The van der Waals surface area contributed by atoms with Crippen molar-refractivity contribution in [1.82, 2.24) is 5.32 Å². The fraction of sp³-hybridized carbons (Fsp3) is 0.571. The molecular weight excluding hydrogens is 253 g/mol. The molecule has 1 unspecified atom stereocenters. The molecule has 1 saturated heterocycles. The molecule has 0 radical (unpaired) electrons. The lowest BCUT2D eigenvalue weighted by molar-refractivity contribution is -0.137. The Bertz CT molecular complexity index is 392. The van der Waals surface area contributed by atoms with Crippen molar-refractivity contribution in [3.8, 4) is 0 Å². The monoisotopic (exact) mass is 272 g/mol. The Morgan fingerprint density at radius 1 is 1.11 bits per heavy atom. The smallest absolute Gasteiger partial charge is 0.372 e. The van der Waals surface area contributed by atoms with Gasteiger partial charge in [0.2, 0.25) is 0 Å². The van der Waals surface area contributed by atoms with Gasteiger partial charge in [-0.2, -0.15) is 13.2 Å². The van der Waals surface area contributed by atoms with Crippen molar-refractivity contribution >= 4 is 5.69 Å². The normalized spacial score (nSPS) is 20.9. The molecule has 1 heterocycles. The lowest BCUT2D eigenvalue weighted by Gasteiger charge is -2.29. The summed E-state index contributed by atoms with van der Waals surface area (Å²) >= 11 is 0. The van der Waals surface area contributed by atoms with Crippen LogP contribution in [-0.2, 0) is 6.18 Å². The van der Waals surface area contributed by atoms with E-state index in [9.17, 15) is 13.2 Å². The predicted octanol–water partition coefficient (Wildman–Crippen LogP) is 3.28. The first-order valence-electron chi connectivity index (χ1n) is 6.59. The van der Waals surface area contributed by atoms with Crippen LogP contribution in [0.15, 0.2) is 24.3 Å². The van der Waals surface area contributed by atoms with Crippen LogP contribution in [0.25, 0.3) is 0 Å². The lowest BCUT2D eigenvalue weighted by Crippen LogP contribution is -2.32. The summed E-state index contributed by atoms with van der Waals surface area (Å²) in [5.74, 6) is 0. The van der Waals surface area contributed by atoms with Gasteiger partial charge in [-0.3, -0.25) is 0 Å². The SMILES string of the molecule is CN(c1ccc(C(F)(F)F)cc1)C1CCCNCC1. The van der Waals surface area contributed by atoms with Gasteiger partial charge in [0.05, 0.1) is 5.56 Å². The molecule has 1 aromatic rings. The fourth-order valence-corrected chi connectivity index (χ4v) is 2.48. The van der Waals surface area contributed by atoms with Gasteiger partial charge in [0, 0.05) is 18.8 Å². The second kappa shape index (κ2) is 5.82. The molecule has 2 rings (SSSR count). The fourth-order valence-electron chi connectivity index (χ4n) is 2.48. The summed E-state index contributed by atoms with van der Waals surface area (Å²) < 4.78 is 37.5. The molecule has 0 spiro atoms. The van der Waals surface area contributed by atoms with Gasteiger partial charge in [0.1, 0.15) is 0 Å². The number of hydrogen-bond acceptors (Lipinski definition) is 2. The topological polar surface area (TPSA) is 15.3 Å². The number of alkyl halides is 3. The molecule has 2 nitrogen and oxygen atoms in total. The Morgan fingerprint density at radius 3 is 2.42 bits per heavy atom. The largest absolute Gasteiger partial charge is 0.416 e. The van der Waals surface area contributed by atoms with E-state index in [1.165, 1.54) is 0 Å². The summed E-state index contributed by atoms with van der Waals surface area (Å²) in [6, 6.07) is 5.82. The molecule has 1 aliphatic rings. The molecule has 1 atom stereocenters. The Kier molecular flexibility index (Phi) is 4.34. The van der Waals surface area contributed by atoms with Gasteiger partial charge in [-0.15, -0.1) is 0 Å². The highest BCUT2D eigenvalue weighted by atomic mass is 19.4. The Hall–Kier alpha value is -1.23. The van der Waals surface area contributed by atoms with Crippen molar-refractivity contribution in [2.45, 2.75) is 31.5 Å². The minimum absolute atomic E-state index is 0.395. The third-order valence-corrected chi connectivity index (χ3v) is 3.69. The maximum Gasteiger partial charge on any atom is 0.416 e. The number of hydrogen-bond donors (Lipinski definition) is 1. The highest BCUT2D eigenvalue weighted by Crippen LogP contribution is 2.31. The van der Waals surface area contributed by atoms with Gasteiger partial charge >= 0.3 is 6.18 Å². The number of anilines is 1. The van der Waals surface area contributed by atoms with Crippen LogP contribution in [0.1, 0.15) is 24.8 Å². The molecule has 0 amide bonds. The molecule has 19 heavy (non-hydrogen) atoms. The lowest BCUT2D eigenvalue weighted by atomic mass is 10.1. The van der Waals surface area contributed by atoms with Gasteiger partial charge in [0.25, 0.3) is 0 Å². The van der Waals surface area contributed by atoms with E-state index in [0.717, 1.165) is 50.2 Å². The molecule has 1 N–H and O–H groups in total. The summed E-state index contributed by atoms with van der Waals surface area (Å²) in [4.78, 5) is 2.09. The van der Waals surface area contributed by atoms with Crippen LogP contribution in [0.2, 0.25) is 0 Å². The van der Waals surface area contributed by atoms with Crippen LogP contribution in [0, 0.1) is 0 Å². The van der Waals surface area contributed by atoms with Crippen molar-refractivity contribution in [3.05, 3.63) is 29.8 Å². The first-order chi connectivity index (χ1) is 8.98. The van der Waals surface area contributed by atoms with Crippen molar-refractivity contribution < 1.29 is 13.2 Å². The second-order valence-electron chi connectivity index (χ2n) is 4.99. The molecule has 0 saturated carbocycles. The van der Waals surface area contributed by atoms with Gasteiger partial charge in [-0.25, -0.2) is 0 Å². The Balaban J connectivity index is 2.08. The second-order valence-corrected chi connectivity index (χ2v) is 4.99. The zero-order valence-electron chi connectivity index (χ0n) is 11.0. The number of halogens is 3. The van der Waals surface area contributed by atoms with E-state index in [2.05, 4.69) is 10.2 Å². The van der Waals surface area contributed by atoms with Crippen molar-refractivity contribution in [2.75, 3.05) is 25.0 Å². The maximum atomic E-state index is 12.5. The van der Waals surface area contributed by atoms with Crippen LogP contribution in [0.3, 0.4) is 0 Å². The zero-order valence-corrected chi connectivity index (χ0v) is 11.0. The van der Waals surface area contributed by atoms with Gasteiger partial charge in [-0.05, 0) is 56.6 Å². The van der Waals surface area contributed by atoms with E-state index in [0.29, 0.717) is 6.04 Å². The molecule has 1 aromatic carbocycles. The summed E-state index contributed by atoms with van der Waals surface area (Å²) in [6.07, 6.45) is -1.05. The zero-order chi connectivity index (χ0) is 13.9. The van der Waals surface area contributed by atoms with Crippen molar-refractivity contribution in [3.63, 3.8) is 0 Å². The van der Waals surface area contributed by atoms with Crippen LogP contribution < -0.4 is 10.2 Å². The van der Waals surface area contributed by atoms with E-state index >= 15 is 0 Å². The maximum absolute atomic E-state index is 12.5. The molecule has 1 aliphatic heterocycles. The number of nitrogens with zero attached hydrogens (tertiary/aromatic N) is 1.